The fourth-order valence-corrected chi connectivity index (χ4v) is 2.19. The van der Waals surface area contributed by atoms with Crippen LogP contribution < -0.4 is 5.43 Å². The van der Waals surface area contributed by atoms with Crippen molar-refractivity contribution in [3.05, 3.63) is 62.3 Å². The van der Waals surface area contributed by atoms with Crippen LogP contribution in [0.1, 0.15) is 11.1 Å². The van der Waals surface area contributed by atoms with E-state index in [2.05, 4.69) is 10.5 Å². The third-order valence-electron chi connectivity index (χ3n) is 2.49. The van der Waals surface area contributed by atoms with E-state index in [1.54, 1.807) is 18.2 Å². The zero-order valence-electron chi connectivity index (χ0n) is 10.4. The Morgan fingerprint density at radius 1 is 1.40 bits per heavy atom. The van der Waals surface area contributed by atoms with Crippen LogP contribution in [0.4, 0.5) is 5.69 Å². The van der Waals surface area contributed by atoms with Gasteiger partial charge >= 0.3 is 0 Å². The molecule has 0 saturated carbocycles. The molecular weight excluding hydrogens is 278 g/mol. The highest BCUT2D eigenvalue weighted by Crippen LogP contribution is 2.17. The highest BCUT2D eigenvalue weighted by atomic mass is 32.1. The normalized spacial score (nSPS) is 10.6. The van der Waals surface area contributed by atoms with Gasteiger partial charge in [-0.05, 0) is 16.8 Å². The first-order valence-electron chi connectivity index (χ1n) is 5.73. The van der Waals surface area contributed by atoms with Crippen LogP contribution in [0.2, 0.25) is 0 Å². The Balaban J connectivity index is 1.96. The van der Waals surface area contributed by atoms with Gasteiger partial charge in [-0.25, -0.2) is 5.43 Å². The molecule has 0 fully saturated rings. The molecule has 2 aromatic rings. The molecule has 20 heavy (non-hydrogen) atoms. The second kappa shape index (κ2) is 6.58. The van der Waals surface area contributed by atoms with E-state index in [-0.39, 0.29) is 12.1 Å². The summed E-state index contributed by atoms with van der Waals surface area (Å²) >= 11 is 1.53. The summed E-state index contributed by atoms with van der Waals surface area (Å²) in [5, 5.41) is 18.4. The number of amides is 1. The molecule has 1 N–H and O–H groups in total. The Bertz CT molecular complexity index is 638. The fourth-order valence-electron chi connectivity index (χ4n) is 1.58. The molecule has 0 bridgehead atoms. The molecule has 0 unspecified atom stereocenters. The maximum atomic E-state index is 11.7. The number of hydrazone groups is 1. The van der Waals surface area contributed by atoms with Crippen molar-refractivity contribution < 1.29 is 9.72 Å². The molecule has 0 radical (unpaired) electrons. The zero-order chi connectivity index (χ0) is 14.4. The summed E-state index contributed by atoms with van der Waals surface area (Å²) in [6.07, 6.45) is 1.44. The van der Waals surface area contributed by atoms with E-state index >= 15 is 0 Å². The molecule has 1 amide bonds. The Morgan fingerprint density at radius 2 is 2.20 bits per heavy atom. The molecule has 0 atom stereocenters. The summed E-state index contributed by atoms with van der Waals surface area (Å²) in [4.78, 5) is 22.0. The molecule has 6 nitrogen and oxygen atoms in total. The van der Waals surface area contributed by atoms with Gasteiger partial charge in [0.1, 0.15) is 0 Å². The van der Waals surface area contributed by atoms with Crippen LogP contribution >= 0.6 is 11.3 Å². The van der Waals surface area contributed by atoms with Crippen molar-refractivity contribution in [1.82, 2.24) is 5.43 Å². The van der Waals surface area contributed by atoms with Crippen LogP contribution in [-0.2, 0) is 11.2 Å². The van der Waals surface area contributed by atoms with Gasteiger partial charge in [-0.3, -0.25) is 14.9 Å². The van der Waals surface area contributed by atoms with Gasteiger partial charge in [-0.15, -0.1) is 0 Å². The number of benzene rings is 1. The lowest BCUT2D eigenvalue weighted by Gasteiger charge is -2.01. The zero-order valence-corrected chi connectivity index (χ0v) is 11.2. The van der Waals surface area contributed by atoms with Crippen LogP contribution in [0.3, 0.4) is 0 Å². The smallest absolute Gasteiger partial charge is 0.273 e. The molecule has 0 aliphatic carbocycles. The number of hydrogen-bond donors (Lipinski definition) is 1. The van der Waals surface area contributed by atoms with E-state index < -0.39 is 10.8 Å². The number of carbonyl (C=O) groups excluding carboxylic acids is 1. The lowest BCUT2D eigenvalue weighted by molar-refractivity contribution is -0.385. The van der Waals surface area contributed by atoms with Crippen LogP contribution in [0.5, 0.6) is 0 Å². The molecule has 7 heteroatoms. The molecule has 0 saturated heterocycles. The van der Waals surface area contributed by atoms with Crippen molar-refractivity contribution in [3.8, 4) is 0 Å². The number of nitrogens with one attached hydrogen (secondary N) is 1. The third-order valence-corrected chi connectivity index (χ3v) is 3.19. The largest absolute Gasteiger partial charge is 0.273 e. The molecule has 1 aromatic heterocycles. The molecule has 0 aliphatic rings. The quantitative estimate of drug-likeness (QED) is 0.521. The minimum absolute atomic E-state index is 0.0653. The molecule has 2 rings (SSSR count). The molecule has 1 aromatic carbocycles. The standard InChI is InChI=1S/C13H11N3O3S/c17-13(15-14-8-10-5-6-20-9-10)7-11-3-1-2-4-12(11)16(18)19/h1-6,8-9H,7H2,(H,15,17). The first kappa shape index (κ1) is 13.9. The van der Waals surface area contributed by atoms with Gasteiger partial charge in [0, 0.05) is 17.2 Å². The van der Waals surface area contributed by atoms with Gasteiger partial charge in [0.05, 0.1) is 17.6 Å². The van der Waals surface area contributed by atoms with Gasteiger partial charge in [-0.1, -0.05) is 18.2 Å². The highest BCUT2D eigenvalue weighted by Gasteiger charge is 2.14. The maximum Gasteiger partial charge on any atom is 0.273 e. The monoisotopic (exact) mass is 289 g/mol. The van der Waals surface area contributed by atoms with Crippen LogP contribution in [0.15, 0.2) is 46.2 Å². The average molecular weight is 289 g/mol. The number of thiophene rings is 1. The van der Waals surface area contributed by atoms with Crippen molar-refractivity contribution in [2.75, 3.05) is 0 Å². The lowest BCUT2D eigenvalue weighted by atomic mass is 10.1. The Labute approximate surface area is 118 Å². The van der Waals surface area contributed by atoms with E-state index in [9.17, 15) is 14.9 Å². The van der Waals surface area contributed by atoms with E-state index in [1.807, 2.05) is 16.8 Å². The predicted octanol–water partition coefficient (Wildman–Crippen LogP) is 2.35. The average Bonchev–Trinajstić information content (AvgIpc) is 2.92. The molecule has 1 heterocycles. The molecule has 0 aliphatic heterocycles. The van der Waals surface area contributed by atoms with Crippen molar-refractivity contribution in [1.29, 1.82) is 0 Å². The Kier molecular flexibility index (Phi) is 4.56. The number of nitro groups is 1. The number of nitrogens with zero attached hydrogens (tertiary/aromatic N) is 2. The number of carbonyl (C=O) groups is 1. The first-order chi connectivity index (χ1) is 9.66. The molecular formula is C13H11N3O3S. The van der Waals surface area contributed by atoms with Crippen LogP contribution in [-0.4, -0.2) is 17.0 Å². The van der Waals surface area contributed by atoms with Gasteiger partial charge in [0.2, 0.25) is 5.91 Å². The van der Waals surface area contributed by atoms with Gasteiger partial charge < -0.3 is 0 Å². The van der Waals surface area contributed by atoms with E-state index in [0.29, 0.717) is 5.56 Å². The van der Waals surface area contributed by atoms with E-state index in [4.69, 9.17) is 0 Å². The van der Waals surface area contributed by atoms with E-state index in [0.717, 1.165) is 5.56 Å². The number of para-hydroxylation sites is 1. The SMILES string of the molecule is O=C(Cc1ccccc1[N+](=O)[O-])NN=Cc1ccsc1. The van der Waals surface area contributed by atoms with Crippen molar-refractivity contribution in [2.24, 2.45) is 5.10 Å². The lowest BCUT2D eigenvalue weighted by Crippen LogP contribution is -2.20. The fraction of sp³-hybridized carbons (Fsp3) is 0.0769. The summed E-state index contributed by atoms with van der Waals surface area (Å²) in [7, 11) is 0. The highest BCUT2D eigenvalue weighted by molar-refractivity contribution is 7.08. The van der Waals surface area contributed by atoms with Crippen LogP contribution in [0, 0.1) is 10.1 Å². The second-order valence-electron chi connectivity index (χ2n) is 3.91. The number of hydrogen-bond acceptors (Lipinski definition) is 5. The summed E-state index contributed by atoms with van der Waals surface area (Å²) in [6.45, 7) is 0. The van der Waals surface area contributed by atoms with Gasteiger partial charge in [0.25, 0.3) is 5.69 Å². The molecule has 0 spiro atoms. The topological polar surface area (TPSA) is 84.6 Å². The number of rotatable bonds is 5. The summed E-state index contributed by atoms with van der Waals surface area (Å²) < 4.78 is 0. The van der Waals surface area contributed by atoms with Crippen LogP contribution in [0.25, 0.3) is 0 Å². The van der Waals surface area contributed by atoms with Gasteiger partial charge in [-0.2, -0.15) is 16.4 Å². The molecule has 102 valence electrons. The van der Waals surface area contributed by atoms with Gasteiger partial charge in [0.15, 0.2) is 0 Å². The Morgan fingerprint density at radius 3 is 2.90 bits per heavy atom. The summed E-state index contributed by atoms with van der Waals surface area (Å²) in [5.74, 6) is -0.397. The van der Waals surface area contributed by atoms with Crippen molar-refractivity contribution in [2.45, 2.75) is 6.42 Å². The predicted molar refractivity (Wildman–Crippen MR) is 76.9 cm³/mol. The first-order valence-corrected chi connectivity index (χ1v) is 6.67. The summed E-state index contributed by atoms with van der Waals surface area (Å²) in [6, 6.07) is 8.01. The summed E-state index contributed by atoms with van der Waals surface area (Å²) in [5.41, 5.74) is 3.53. The second-order valence-corrected chi connectivity index (χ2v) is 4.69. The van der Waals surface area contributed by atoms with Crippen molar-refractivity contribution in [3.63, 3.8) is 0 Å². The number of nitro benzene ring substituents is 1. The Hall–Kier alpha value is -2.54. The minimum atomic E-state index is -0.503. The minimum Gasteiger partial charge on any atom is -0.273 e. The third kappa shape index (κ3) is 3.72. The van der Waals surface area contributed by atoms with E-state index in [1.165, 1.54) is 23.6 Å². The maximum absolute atomic E-state index is 11.7. The van der Waals surface area contributed by atoms with Crippen molar-refractivity contribution >= 4 is 29.1 Å².